The van der Waals surface area contributed by atoms with Crippen LogP contribution in [-0.4, -0.2) is 36.0 Å². The van der Waals surface area contributed by atoms with Crippen molar-refractivity contribution in [2.24, 2.45) is 0 Å². The van der Waals surface area contributed by atoms with Crippen molar-refractivity contribution in [3.8, 4) is 0 Å². The molecule has 0 bridgehead atoms. The maximum absolute atomic E-state index is 12.3. The number of amides is 2. The molecule has 0 radical (unpaired) electrons. The van der Waals surface area contributed by atoms with E-state index in [1.165, 1.54) is 6.42 Å². The van der Waals surface area contributed by atoms with Gasteiger partial charge in [-0.05, 0) is 43.0 Å². The van der Waals surface area contributed by atoms with E-state index in [0.717, 1.165) is 31.5 Å². The van der Waals surface area contributed by atoms with Gasteiger partial charge in [-0.25, -0.2) is 4.79 Å². The Labute approximate surface area is 119 Å². The number of likely N-dealkylation sites (tertiary alicyclic amines) is 1. The maximum atomic E-state index is 12.3. The van der Waals surface area contributed by atoms with Crippen molar-refractivity contribution in [2.45, 2.75) is 25.8 Å². The van der Waals surface area contributed by atoms with Gasteiger partial charge in [0.2, 0.25) is 0 Å². The number of halogens is 1. The maximum Gasteiger partial charge on any atom is 0.320 e. The highest BCUT2D eigenvalue weighted by molar-refractivity contribution is 6.31. The lowest BCUT2D eigenvalue weighted by molar-refractivity contribution is 0.151. The van der Waals surface area contributed by atoms with Gasteiger partial charge >= 0.3 is 6.03 Å². The molecule has 2 amide bonds. The molecule has 0 aromatic heterocycles. The first-order valence-corrected chi connectivity index (χ1v) is 6.99. The Morgan fingerprint density at radius 1 is 1.37 bits per heavy atom. The molecule has 4 nitrogen and oxygen atoms in total. The van der Waals surface area contributed by atoms with Crippen LogP contribution in [0.25, 0.3) is 0 Å². The molecule has 104 valence electrons. The molecule has 0 saturated carbocycles. The molecule has 19 heavy (non-hydrogen) atoms. The van der Waals surface area contributed by atoms with Gasteiger partial charge in [-0.15, -0.1) is 0 Å². The highest BCUT2D eigenvalue weighted by Gasteiger charge is 2.20. The minimum atomic E-state index is 0.0678. The molecule has 1 aliphatic heterocycles. The largest absolute Gasteiger partial charge is 0.399 e. The van der Waals surface area contributed by atoms with Crippen LogP contribution in [0.2, 0.25) is 5.02 Å². The van der Waals surface area contributed by atoms with E-state index in [2.05, 4.69) is 0 Å². The molecule has 1 aliphatic rings. The van der Waals surface area contributed by atoms with Crippen LogP contribution in [0, 0.1) is 0 Å². The van der Waals surface area contributed by atoms with E-state index in [0.29, 0.717) is 17.3 Å². The summed E-state index contributed by atoms with van der Waals surface area (Å²) < 4.78 is 0. The number of hydrogen-bond acceptors (Lipinski definition) is 2. The van der Waals surface area contributed by atoms with Crippen molar-refractivity contribution >= 4 is 23.3 Å². The summed E-state index contributed by atoms with van der Waals surface area (Å²) in [6.07, 6.45) is 3.41. The summed E-state index contributed by atoms with van der Waals surface area (Å²) in [6.45, 7) is 2.20. The molecule has 1 saturated heterocycles. The highest BCUT2D eigenvalue weighted by atomic mass is 35.5. The van der Waals surface area contributed by atoms with Gasteiger partial charge in [0, 0.05) is 37.4 Å². The molecular weight excluding hydrogens is 262 g/mol. The van der Waals surface area contributed by atoms with Gasteiger partial charge in [0.05, 0.1) is 0 Å². The molecule has 0 spiro atoms. The van der Waals surface area contributed by atoms with Gasteiger partial charge in [0.25, 0.3) is 0 Å². The Balaban J connectivity index is 2.01. The molecule has 5 heteroatoms. The standard InChI is InChI=1S/C14H20ClN3O/c1-17(14(19)18-7-3-2-4-8-18)10-11-9-12(16)5-6-13(11)15/h5-6,9H,2-4,7-8,10,16H2,1H3. The summed E-state index contributed by atoms with van der Waals surface area (Å²) in [7, 11) is 1.80. The summed E-state index contributed by atoms with van der Waals surface area (Å²) in [5.41, 5.74) is 7.30. The molecule has 2 rings (SSSR count). The zero-order valence-electron chi connectivity index (χ0n) is 11.2. The van der Waals surface area contributed by atoms with E-state index in [1.54, 1.807) is 24.1 Å². The third kappa shape index (κ3) is 3.53. The van der Waals surface area contributed by atoms with E-state index < -0.39 is 0 Å². The molecular formula is C14H20ClN3O. The molecule has 0 unspecified atom stereocenters. The van der Waals surface area contributed by atoms with Gasteiger partial charge < -0.3 is 15.5 Å². The van der Waals surface area contributed by atoms with Crippen molar-refractivity contribution < 1.29 is 4.79 Å². The first kappa shape index (κ1) is 14.0. The number of carbonyl (C=O) groups is 1. The predicted octanol–water partition coefficient (Wildman–Crippen LogP) is 2.96. The van der Waals surface area contributed by atoms with Gasteiger partial charge in [-0.1, -0.05) is 11.6 Å². The van der Waals surface area contributed by atoms with Gasteiger partial charge in [-0.2, -0.15) is 0 Å². The lowest BCUT2D eigenvalue weighted by atomic mass is 10.1. The fraction of sp³-hybridized carbons (Fsp3) is 0.500. The first-order chi connectivity index (χ1) is 9.08. The Morgan fingerprint density at radius 2 is 2.05 bits per heavy atom. The van der Waals surface area contributed by atoms with Crippen LogP contribution >= 0.6 is 11.6 Å². The highest BCUT2D eigenvalue weighted by Crippen LogP contribution is 2.21. The molecule has 1 aromatic carbocycles. The van der Waals surface area contributed by atoms with Crippen molar-refractivity contribution in [3.63, 3.8) is 0 Å². The number of nitrogens with two attached hydrogens (primary N) is 1. The van der Waals surface area contributed by atoms with Crippen LogP contribution in [0.1, 0.15) is 24.8 Å². The second-order valence-corrected chi connectivity index (χ2v) is 5.44. The number of nitrogen functional groups attached to an aromatic ring is 1. The van der Waals surface area contributed by atoms with Crippen LogP contribution < -0.4 is 5.73 Å². The van der Waals surface area contributed by atoms with Crippen LogP contribution in [0.5, 0.6) is 0 Å². The zero-order chi connectivity index (χ0) is 13.8. The molecule has 0 atom stereocenters. The molecule has 2 N–H and O–H groups in total. The van der Waals surface area contributed by atoms with Crippen LogP contribution in [0.4, 0.5) is 10.5 Å². The monoisotopic (exact) mass is 281 g/mol. The minimum absolute atomic E-state index is 0.0678. The van der Waals surface area contributed by atoms with E-state index >= 15 is 0 Å². The number of urea groups is 1. The number of benzene rings is 1. The van der Waals surface area contributed by atoms with Crippen LogP contribution in [0.3, 0.4) is 0 Å². The minimum Gasteiger partial charge on any atom is -0.399 e. The second kappa shape index (κ2) is 6.15. The smallest absolute Gasteiger partial charge is 0.320 e. The molecule has 1 fully saturated rings. The molecule has 0 aliphatic carbocycles. The number of piperidine rings is 1. The van der Waals surface area contributed by atoms with Gasteiger partial charge in [0.15, 0.2) is 0 Å². The van der Waals surface area contributed by atoms with Crippen LogP contribution in [0.15, 0.2) is 18.2 Å². The molecule has 1 heterocycles. The number of carbonyl (C=O) groups excluding carboxylic acids is 1. The van der Waals surface area contributed by atoms with E-state index in [-0.39, 0.29) is 6.03 Å². The van der Waals surface area contributed by atoms with E-state index in [4.69, 9.17) is 17.3 Å². The summed E-state index contributed by atoms with van der Waals surface area (Å²) >= 11 is 6.12. The number of nitrogens with zero attached hydrogens (tertiary/aromatic N) is 2. The SMILES string of the molecule is CN(Cc1cc(N)ccc1Cl)C(=O)N1CCCCC1. The second-order valence-electron chi connectivity index (χ2n) is 5.04. The Bertz CT molecular complexity index is 458. The Morgan fingerprint density at radius 3 is 2.74 bits per heavy atom. The number of anilines is 1. The third-order valence-electron chi connectivity index (χ3n) is 3.43. The summed E-state index contributed by atoms with van der Waals surface area (Å²) in [6, 6.07) is 5.42. The predicted molar refractivity (Wildman–Crippen MR) is 78.2 cm³/mol. The lowest BCUT2D eigenvalue weighted by Gasteiger charge is -2.31. The normalized spacial score (nSPS) is 15.4. The fourth-order valence-corrected chi connectivity index (χ4v) is 2.54. The van der Waals surface area contributed by atoms with Crippen molar-refractivity contribution in [2.75, 3.05) is 25.9 Å². The average molecular weight is 282 g/mol. The number of hydrogen-bond donors (Lipinski definition) is 1. The Hall–Kier alpha value is -1.42. The molecule has 1 aromatic rings. The van der Waals surface area contributed by atoms with Gasteiger partial charge in [-0.3, -0.25) is 0 Å². The first-order valence-electron chi connectivity index (χ1n) is 6.62. The summed E-state index contributed by atoms with van der Waals surface area (Å²) in [5, 5.41) is 0.646. The van der Waals surface area contributed by atoms with E-state index in [1.807, 2.05) is 11.0 Å². The quantitative estimate of drug-likeness (QED) is 0.847. The van der Waals surface area contributed by atoms with Crippen molar-refractivity contribution in [1.29, 1.82) is 0 Å². The Kier molecular flexibility index (Phi) is 4.53. The van der Waals surface area contributed by atoms with E-state index in [9.17, 15) is 4.79 Å². The topological polar surface area (TPSA) is 49.6 Å². The number of rotatable bonds is 2. The summed E-state index contributed by atoms with van der Waals surface area (Å²) in [4.78, 5) is 15.9. The van der Waals surface area contributed by atoms with Gasteiger partial charge in [0.1, 0.15) is 0 Å². The summed E-state index contributed by atoms with van der Waals surface area (Å²) in [5.74, 6) is 0. The third-order valence-corrected chi connectivity index (χ3v) is 3.80. The zero-order valence-corrected chi connectivity index (χ0v) is 12.0. The lowest BCUT2D eigenvalue weighted by Crippen LogP contribution is -2.43. The van der Waals surface area contributed by atoms with Crippen LogP contribution in [-0.2, 0) is 6.54 Å². The van der Waals surface area contributed by atoms with Crippen molar-refractivity contribution in [3.05, 3.63) is 28.8 Å². The fourth-order valence-electron chi connectivity index (χ4n) is 2.37. The average Bonchev–Trinajstić information content (AvgIpc) is 2.43. The van der Waals surface area contributed by atoms with Crippen molar-refractivity contribution in [1.82, 2.24) is 9.80 Å².